The molecule has 2 rings (SSSR count). The molecule has 14 heavy (non-hydrogen) atoms. The maximum absolute atomic E-state index is 5.95. The summed E-state index contributed by atoms with van der Waals surface area (Å²) in [6.45, 7) is 4.23. The summed E-state index contributed by atoms with van der Waals surface area (Å²) in [4.78, 5) is 0. The summed E-state index contributed by atoms with van der Waals surface area (Å²) in [7, 11) is 0. The number of fused-ring (bicyclic) bond motifs is 1. The van der Waals surface area contributed by atoms with Crippen molar-refractivity contribution in [1.29, 1.82) is 0 Å². The fourth-order valence-corrected chi connectivity index (χ4v) is 3.31. The van der Waals surface area contributed by atoms with Gasteiger partial charge in [-0.1, -0.05) is 0 Å². The van der Waals surface area contributed by atoms with Gasteiger partial charge in [-0.15, -0.1) is 0 Å². The molecule has 1 aliphatic rings. The van der Waals surface area contributed by atoms with Crippen molar-refractivity contribution in [3.63, 3.8) is 0 Å². The number of halogens is 1. The Balaban J connectivity index is 2.45. The van der Waals surface area contributed by atoms with Crippen LogP contribution in [-0.4, -0.2) is 22.5 Å². The van der Waals surface area contributed by atoms with E-state index in [-0.39, 0.29) is 5.60 Å². The van der Waals surface area contributed by atoms with Gasteiger partial charge in [0.05, 0.1) is 0 Å². The summed E-state index contributed by atoms with van der Waals surface area (Å²) in [5.41, 5.74) is 1.13. The quantitative estimate of drug-likeness (QED) is 0.658. The molecule has 0 bridgehead atoms. The first-order chi connectivity index (χ1) is 6.48. The van der Waals surface area contributed by atoms with Crippen molar-refractivity contribution in [2.75, 3.05) is 0 Å². The number of rotatable bonds is 0. The Kier molecular flexibility index (Phi) is 2.57. The summed E-state index contributed by atoms with van der Waals surface area (Å²) in [5.74, 6) is 0.969. The molecule has 0 amide bonds. The van der Waals surface area contributed by atoms with Crippen LogP contribution in [0.15, 0.2) is 18.2 Å². The van der Waals surface area contributed by atoms with Gasteiger partial charge in [0.1, 0.15) is 0 Å². The third-order valence-electron chi connectivity index (χ3n) is 2.40. The minimum absolute atomic E-state index is 0.0709. The van der Waals surface area contributed by atoms with E-state index < -0.39 is 0 Å². The Labute approximate surface area is 98.3 Å². The molecule has 0 unspecified atom stereocenters. The van der Waals surface area contributed by atoms with Gasteiger partial charge in [-0.2, -0.15) is 0 Å². The van der Waals surface area contributed by atoms with Gasteiger partial charge in [0.15, 0.2) is 0 Å². The van der Waals surface area contributed by atoms with Crippen molar-refractivity contribution in [3.8, 4) is 5.75 Å². The van der Waals surface area contributed by atoms with Crippen LogP contribution < -0.4 is 4.74 Å². The van der Waals surface area contributed by atoms with Gasteiger partial charge in [-0.3, -0.25) is 0 Å². The number of benzene rings is 1. The van der Waals surface area contributed by atoms with Crippen LogP contribution in [0.3, 0.4) is 0 Å². The van der Waals surface area contributed by atoms with Crippen LogP contribution in [0.5, 0.6) is 5.75 Å². The summed E-state index contributed by atoms with van der Waals surface area (Å²) in [6, 6.07) is 5.83. The van der Waals surface area contributed by atoms with E-state index in [9.17, 15) is 0 Å². The zero-order valence-corrected chi connectivity index (χ0v) is 10.9. The van der Waals surface area contributed by atoms with Crippen LogP contribution in [-0.2, 0) is 0 Å². The predicted octanol–water partition coefficient (Wildman–Crippen LogP) is 3.11. The van der Waals surface area contributed by atoms with Crippen molar-refractivity contribution < 1.29 is 4.74 Å². The fourth-order valence-electron chi connectivity index (χ4n) is 1.79. The molecule has 0 aromatic heterocycles. The molecule has 0 saturated carbocycles. The van der Waals surface area contributed by atoms with Gasteiger partial charge in [0, 0.05) is 0 Å². The normalized spacial score (nSPS) is 23.9. The summed E-state index contributed by atoms with van der Waals surface area (Å²) in [5, 5.41) is 0.781. The molecule has 1 aromatic carbocycles. The Hall–Kier alpha value is -0.132. The molecule has 74 valence electrons. The van der Waals surface area contributed by atoms with Crippen LogP contribution >= 0.6 is 11.6 Å². The SMILES string of the molecule is CC1(C)C[C@H]([As])c2cc(Cl)ccc2O1. The Morgan fingerprint density at radius 2 is 2.21 bits per heavy atom. The van der Waals surface area contributed by atoms with Gasteiger partial charge in [-0.05, 0) is 0 Å². The van der Waals surface area contributed by atoms with Gasteiger partial charge < -0.3 is 0 Å². The van der Waals surface area contributed by atoms with E-state index in [1.54, 1.807) is 0 Å². The molecule has 1 atom stereocenters. The second-order valence-electron chi connectivity index (χ2n) is 4.26. The molecule has 1 aliphatic heterocycles. The second kappa shape index (κ2) is 3.47. The van der Waals surface area contributed by atoms with Gasteiger partial charge in [-0.25, -0.2) is 0 Å². The fraction of sp³-hybridized carbons (Fsp3) is 0.455. The zero-order chi connectivity index (χ0) is 10.3. The molecule has 1 nitrogen and oxygen atoms in total. The molecule has 3 heteroatoms. The van der Waals surface area contributed by atoms with Gasteiger partial charge in [0.2, 0.25) is 0 Å². The van der Waals surface area contributed by atoms with E-state index in [0.717, 1.165) is 17.2 Å². The van der Waals surface area contributed by atoms with E-state index in [0.29, 0.717) is 4.71 Å². The molecular formula is C11H12AsClO. The first-order valence-electron chi connectivity index (χ1n) is 4.64. The summed E-state index contributed by atoms with van der Waals surface area (Å²) in [6.07, 6.45) is 1.01. The van der Waals surface area contributed by atoms with Crippen molar-refractivity contribution in [1.82, 2.24) is 0 Å². The van der Waals surface area contributed by atoms with Crippen molar-refractivity contribution in [2.24, 2.45) is 0 Å². The van der Waals surface area contributed by atoms with Crippen molar-refractivity contribution >= 4 is 28.5 Å². The Morgan fingerprint density at radius 1 is 1.50 bits per heavy atom. The molecule has 1 heterocycles. The summed E-state index contributed by atoms with van der Waals surface area (Å²) < 4.78 is 6.33. The zero-order valence-electron chi connectivity index (χ0n) is 8.25. The van der Waals surface area contributed by atoms with Gasteiger partial charge in [0.25, 0.3) is 0 Å². The Morgan fingerprint density at radius 3 is 2.93 bits per heavy atom. The molecular weight excluding hydrogens is 258 g/mol. The third-order valence-corrected chi connectivity index (χ3v) is 3.60. The minimum atomic E-state index is -0.0709. The third kappa shape index (κ3) is 1.94. The predicted molar refractivity (Wildman–Crippen MR) is 59.3 cm³/mol. The van der Waals surface area contributed by atoms with Crippen LogP contribution in [0.1, 0.15) is 30.5 Å². The number of hydrogen-bond donors (Lipinski definition) is 0. The molecule has 2 radical (unpaired) electrons. The van der Waals surface area contributed by atoms with E-state index in [1.165, 1.54) is 5.56 Å². The van der Waals surface area contributed by atoms with Crippen LogP contribution in [0.25, 0.3) is 0 Å². The Bertz CT molecular complexity index is 362. The molecule has 0 aliphatic carbocycles. The topological polar surface area (TPSA) is 9.23 Å². The second-order valence-corrected chi connectivity index (χ2v) is 6.01. The van der Waals surface area contributed by atoms with E-state index >= 15 is 0 Å². The maximum atomic E-state index is 5.95. The first-order valence-corrected chi connectivity index (χ1v) is 6.11. The van der Waals surface area contributed by atoms with E-state index in [2.05, 4.69) is 30.7 Å². The molecule has 0 N–H and O–H groups in total. The molecule has 0 saturated heterocycles. The standard InChI is InChI=1S/C11H12AsClO/c1-11(2)6-9(12)8-5-7(13)3-4-10(8)14-11/h3-5,9H,6H2,1-2H3/t9-/m0/s1. The van der Waals surface area contributed by atoms with Crippen LogP contribution in [0, 0.1) is 0 Å². The monoisotopic (exact) mass is 270 g/mol. The number of hydrogen-bond acceptors (Lipinski definition) is 1. The summed E-state index contributed by atoms with van der Waals surface area (Å²) >= 11 is 8.65. The van der Waals surface area contributed by atoms with Crippen LogP contribution in [0.4, 0.5) is 0 Å². The van der Waals surface area contributed by atoms with Gasteiger partial charge >= 0.3 is 98.3 Å². The van der Waals surface area contributed by atoms with Crippen LogP contribution in [0.2, 0.25) is 5.02 Å². The van der Waals surface area contributed by atoms with E-state index in [1.807, 2.05) is 18.2 Å². The first kappa shape index (κ1) is 10.4. The molecule has 1 aromatic rings. The average Bonchev–Trinajstić information content (AvgIpc) is 2.05. The van der Waals surface area contributed by atoms with Crippen molar-refractivity contribution in [2.45, 2.75) is 30.6 Å². The molecule has 0 spiro atoms. The number of ether oxygens (including phenoxy) is 1. The molecule has 0 fully saturated rings. The van der Waals surface area contributed by atoms with E-state index in [4.69, 9.17) is 16.3 Å². The van der Waals surface area contributed by atoms with Crippen molar-refractivity contribution in [3.05, 3.63) is 28.8 Å². The average molecular weight is 271 g/mol.